The number of carboxylic acids is 1. The summed E-state index contributed by atoms with van der Waals surface area (Å²) in [6.45, 7) is 10.3. The van der Waals surface area contributed by atoms with E-state index in [4.69, 9.17) is 9.84 Å². The van der Waals surface area contributed by atoms with Gasteiger partial charge in [0.2, 0.25) is 5.69 Å². The van der Waals surface area contributed by atoms with Crippen molar-refractivity contribution in [3.8, 4) is 5.75 Å². The molecule has 0 spiro atoms. The number of ether oxygens (including phenoxy) is 1. The first kappa shape index (κ1) is 49.9. The van der Waals surface area contributed by atoms with Crippen molar-refractivity contribution in [1.29, 1.82) is 0 Å². The van der Waals surface area contributed by atoms with E-state index in [1.54, 1.807) is 0 Å². The van der Waals surface area contributed by atoms with E-state index in [0.717, 1.165) is 63.1 Å². The van der Waals surface area contributed by atoms with Crippen molar-refractivity contribution >= 4 is 64.8 Å². The van der Waals surface area contributed by atoms with Crippen LogP contribution in [0.4, 0.5) is 11.4 Å². The Labute approximate surface area is 394 Å². The second kappa shape index (κ2) is 21.3. The average Bonchev–Trinajstić information content (AvgIpc) is 3.56. The van der Waals surface area contributed by atoms with Gasteiger partial charge in [0.05, 0.1) is 32.3 Å². The number of allylic oxidation sites excluding steroid dienone is 8. The minimum Gasteiger partial charge on any atom is -0.748 e. The van der Waals surface area contributed by atoms with Crippen molar-refractivity contribution in [1.82, 2.24) is 0 Å². The monoisotopic (exact) mass is 904 g/mol. The number of carbonyl (C=O) groups is 1. The topological polar surface area (TPSA) is 167 Å². The maximum atomic E-state index is 11.4. The summed E-state index contributed by atoms with van der Waals surface area (Å²) in [5, 5.41) is 13.4. The second-order valence-electron chi connectivity index (χ2n) is 17.1. The van der Waals surface area contributed by atoms with E-state index in [1.165, 1.54) is 10.9 Å². The van der Waals surface area contributed by atoms with E-state index in [9.17, 15) is 30.7 Å². The van der Waals surface area contributed by atoms with Gasteiger partial charge in [-0.3, -0.25) is 4.79 Å². The van der Waals surface area contributed by atoms with Crippen molar-refractivity contribution < 1.29 is 74.7 Å². The molecule has 6 rings (SSSR count). The molecule has 0 amide bonds. The van der Waals surface area contributed by atoms with Gasteiger partial charge in [-0.05, 0) is 110 Å². The van der Waals surface area contributed by atoms with Crippen LogP contribution in [0.3, 0.4) is 0 Å². The van der Waals surface area contributed by atoms with Crippen LogP contribution in [-0.2, 0) is 35.9 Å². The molecule has 0 saturated heterocycles. The number of aliphatic carboxylic acids is 1. The summed E-state index contributed by atoms with van der Waals surface area (Å²) < 4.78 is 76.5. The Morgan fingerprint density at radius 3 is 2.11 bits per heavy atom. The summed E-state index contributed by atoms with van der Waals surface area (Å²) >= 11 is 0. The minimum absolute atomic E-state index is 0. The molecule has 0 aliphatic carbocycles. The summed E-state index contributed by atoms with van der Waals surface area (Å²) in [6, 6.07) is 22.8. The summed E-state index contributed by atoms with van der Waals surface area (Å²) in [5.74, 6) is -0.857. The number of benzene rings is 4. The Kier molecular flexibility index (Phi) is 16.9. The third-order valence-corrected chi connectivity index (χ3v) is 13.5. The number of anilines is 1. The number of fused-ring (bicyclic) bond motifs is 6. The number of carboxylic acid groups (broad SMARTS) is 1. The van der Waals surface area contributed by atoms with Crippen molar-refractivity contribution in [2.24, 2.45) is 0 Å². The molecule has 0 fully saturated rings. The molecule has 4 aromatic carbocycles. The third kappa shape index (κ3) is 12.4. The summed E-state index contributed by atoms with van der Waals surface area (Å²) in [5.41, 5.74) is 5.74. The van der Waals surface area contributed by atoms with Crippen LogP contribution in [0.15, 0.2) is 115 Å². The molecule has 0 unspecified atom stereocenters. The molecule has 2 heterocycles. The van der Waals surface area contributed by atoms with Crippen LogP contribution in [0.25, 0.3) is 21.5 Å². The van der Waals surface area contributed by atoms with Gasteiger partial charge in [0.25, 0.3) is 0 Å². The van der Waals surface area contributed by atoms with Gasteiger partial charge in [-0.2, -0.15) is 4.58 Å². The van der Waals surface area contributed by atoms with Gasteiger partial charge in [0.15, 0.2) is 5.71 Å². The van der Waals surface area contributed by atoms with Crippen molar-refractivity contribution in [2.45, 2.75) is 89.9 Å². The summed E-state index contributed by atoms with van der Waals surface area (Å²) in [4.78, 5) is 13.1. The maximum Gasteiger partial charge on any atom is 1.00 e. The zero-order valence-corrected chi connectivity index (χ0v) is 40.6. The SMILES string of the molecule is CC1(C)C(/C=C/C=C/C=C/C=C2/N(CCCCS(=O)(=O)[O-])c3ccc4ccccc4c3C2(C)C)=[N+](CCCCS(=O)(=O)[O-])c2ccc3ccc(OCCCCCC(=O)O)cc3c21.[Na+]. The Bertz CT molecular complexity index is 2700. The smallest absolute Gasteiger partial charge is 0.748 e. The number of hydrogen-bond acceptors (Lipinski definition) is 9. The molecule has 0 radical (unpaired) electrons. The van der Waals surface area contributed by atoms with Crippen molar-refractivity contribution in [3.63, 3.8) is 0 Å². The van der Waals surface area contributed by atoms with Gasteiger partial charge >= 0.3 is 35.5 Å². The molecule has 11 nitrogen and oxygen atoms in total. The van der Waals surface area contributed by atoms with Crippen LogP contribution >= 0.6 is 0 Å². The van der Waals surface area contributed by atoms with Crippen LogP contribution in [-0.4, -0.2) is 78.5 Å². The summed E-state index contributed by atoms with van der Waals surface area (Å²) in [7, 11) is -8.61. The number of hydrogen-bond donors (Lipinski definition) is 1. The molecule has 2 aliphatic rings. The van der Waals surface area contributed by atoms with E-state index < -0.39 is 37.4 Å². The number of rotatable bonds is 21. The predicted octanol–water partition coefficient (Wildman–Crippen LogP) is 6.40. The van der Waals surface area contributed by atoms with Gasteiger partial charge < -0.3 is 23.8 Å². The largest absolute Gasteiger partial charge is 1.00 e. The van der Waals surface area contributed by atoms with E-state index in [1.807, 2.05) is 54.6 Å². The molecule has 4 aromatic rings. The molecule has 0 atom stereocenters. The first-order chi connectivity index (χ1) is 29.4. The second-order valence-corrected chi connectivity index (χ2v) is 20.2. The normalized spacial score (nSPS) is 16.5. The Morgan fingerprint density at radius 2 is 1.38 bits per heavy atom. The van der Waals surface area contributed by atoms with Crippen molar-refractivity contribution in [3.05, 3.63) is 126 Å². The molecule has 2 aliphatic heterocycles. The number of nitrogens with zero attached hydrogens (tertiary/aromatic N) is 2. The molecule has 14 heteroatoms. The molecule has 0 aromatic heterocycles. The van der Waals surface area contributed by atoms with Crippen LogP contribution < -0.4 is 39.2 Å². The van der Waals surface area contributed by atoms with E-state index in [-0.39, 0.29) is 60.0 Å². The van der Waals surface area contributed by atoms with Gasteiger partial charge in [-0.1, -0.05) is 80.6 Å². The molecular weight excluding hydrogens is 848 g/mol. The zero-order chi connectivity index (χ0) is 44.7. The van der Waals surface area contributed by atoms with Gasteiger partial charge in [0.1, 0.15) is 12.3 Å². The summed E-state index contributed by atoms with van der Waals surface area (Å²) in [6.07, 6.45) is 18.0. The average molecular weight is 905 g/mol. The van der Waals surface area contributed by atoms with Gasteiger partial charge in [-0.15, -0.1) is 0 Å². The van der Waals surface area contributed by atoms with E-state index >= 15 is 0 Å². The molecule has 1 N–H and O–H groups in total. The van der Waals surface area contributed by atoms with Gasteiger partial charge in [-0.25, -0.2) is 16.8 Å². The zero-order valence-electron chi connectivity index (χ0n) is 37.0. The van der Waals surface area contributed by atoms with Crippen LogP contribution in [0, 0.1) is 0 Å². The fourth-order valence-corrected chi connectivity index (χ4v) is 10.1. The first-order valence-corrected chi connectivity index (χ1v) is 24.5. The maximum absolute atomic E-state index is 11.4. The molecular formula is C49H57N2NaO9S2. The Balaban J connectivity index is 0.00000748. The van der Waals surface area contributed by atoms with E-state index in [0.29, 0.717) is 39.0 Å². The van der Waals surface area contributed by atoms with Crippen molar-refractivity contribution in [2.75, 3.05) is 36.1 Å². The third-order valence-electron chi connectivity index (χ3n) is 11.9. The fraction of sp³-hybridized carbons (Fsp3) is 0.388. The quantitative estimate of drug-likeness (QED) is 0.0325. The minimum atomic E-state index is -4.32. The van der Waals surface area contributed by atoms with Gasteiger partial charge in [0, 0.05) is 65.4 Å². The van der Waals surface area contributed by atoms with E-state index in [2.05, 4.69) is 91.8 Å². The van der Waals surface area contributed by atoms with Crippen LogP contribution in [0.5, 0.6) is 5.75 Å². The Hall–Kier alpha value is -4.08. The molecule has 0 saturated carbocycles. The van der Waals surface area contributed by atoms with Crippen LogP contribution in [0.1, 0.15) is 90.2 Å². The molecule has 0 bridgehead atoms. The fourth-order valence-electron chi connectivity index (χ4n) is 9.00. The molecule has 63 heavy (non-hydrogen) atoms. The standard InChI is InChI=1S/C49H58N2O9S2.Na/c1-48(2)43(50(30-14-17-33-61(54,55)56)41-28-25-36-19-12-13-20-39(36)46(41)48)21-9-6-5-7-10-22-44-49(3,4)47-40-35-38(60-32-16-8-11-23-45(52)53)27-24-37(40)26-29-42(47)51(44)31-15-18-34-62(57,58)59;/h5-7,9-10,12-13,19-22,24-29,35H,8,11,14-18,23,30-34H2,1-4H3,(H2-,52,53,54,55,56,57,58,59);/q;+1/p-1. The first-order valence-electron chi connectivity index (χ1n) is 21.3. The van der Waals surface area contributed by atoms with Crippen LogP contribution in [0.2, 0.25) is 0 Å². The predicted molar refractivity (Wildman–Crippen MR) is 246 cm³/mol. The Morgan fingerprint density at radius 1 is 0.730 bits per heavy atom. The number of unbranched alkanes of at least 4 members (excludes halogenated alkanes) is 4. The molecule has 330 valence electrons.